The van der Waals surface area contributed by atoms with Crippen LogP contribution in [-0.4, -0.2) is 36.5 Å². The third-order valence-corrected chi connectivity index (χ3v) is 4.44. The Morgan fingerprint density at radius 3 is 2.73 bits per heavy atom. The molecule has 1 saturated heterocycles. The lowest BCUT2D eigenvalue weighted by molar-refractivity contribution is 0.0676. The summed E-state index contributed by atoms with van der Waals surface area (Å²) in [6.07, 6.45) is 2.81. The van der Waals surface area contributed by atoms with Gasteiger partial charge in [-0.2, -0.15) is 0 Å². The van der Waals surface area contributed by atoms with Crippen LogP contribution in [0.2, 0.25) is 5.02 Å². The summed E-state index contributed by atoms with van der Waals surface area (Å²) in [6, 6.07) is 5.42. The van der Waals surface area contributed by atoms with Crippen LogP contribution in [0.1, 0.15) is 43.5 Å². The molecule has 4 nitrogen and oxygen atoms in total. The van der Waals surface area contributed by atoms with Gasteiger partial charge in [-0.3, -0.25) is 4.79 Å². The van der Waals surface area contributed by atoms with Crippen LogP contribution in [0.5, 0.6) is 5.75 Å². The second-order valence-corrected chi connectivity index (χ2v) is 6.41. The first kappa shape index (κ1) is 17.1. The number of carbonyl (C=O) groups is 1. The van der Waals surface area contributed by atoms with Gasteiger partial charge in [0.25, 0.3) is 5.91 Å². The zero-order valence-corrected chi connectivity index (χ0v) is 14.1. The van der Waals surface area contributed by atoms with Crippen molar-refractivity contribution in [2.24, 2.45) is 11.7 Å². The molecule has 5 heteroatoms. The van der Waals surface area contributed by atoms with Gasteiger partial charge in [0, 0.05) is 24.2 Å². The Kier molecular flexibility index (Phi) is 6.09. The van der Waals surface area contributed by atoms with E-state index in [1.807, 2.05) is 18.7 Å². The van der Waals surface area contributed by atoms with Crippen LogP contribution in [0.15, 0.2) is 18.2 Å². The van der Waals surface area contributed by atoms with E-state index in [4.69, 9.17) is 22.1 Å². The summed E-state index contributed by atoms with van der Waals surface area (Å²) < 4.78 is 5.69. The van der Waals surface area contributed by atoms with Crippen LogP contribution in [-0.2, 0) is 0 Å². The number of amides is 1. The first-order valence-corrected chi connectivity index (χ1v) is 8.38. The first-order valence-electron chi connectivity index (χ1n) is 8.00. The van der Waals surface area contributed by atoms with Crippen molar-refractivity contribution in [2.45, 2.75) is 39.2 Å². The lowest BCUT2D eigenvalue weighted by Crippen LogP contribution is -2.42. The summed E-state index contributed by atoms with van der Waals surface area (Å²) >= 11 is 6.06. The molecule has 0 aliphatic carbocycles. The van der Waals surface area contributed by atoms with E-state index < -0.39 is 0 Å². The van der Waals surface area contributed by atoms with E-state index in [0.29, 0.717) is 28.9 Å². The smallest absolute Gasteiger partial charge is 0.257 e. The highest BCUT2D eigenvalue weighted by Gasteiger charge is 2.27. The molecule has 0 radical (unpaired) electrons. The van der Waals surface area contributed by atoms with Gasteiger partial charge in [-0.25, -0.2) is 0 Å². The molecule has 1 aromatic rings. The Morgan fingerprint density at radius 1 is 1.45 bits per heavy atom. The fourth-order valence-electron chi connectivity index (χ4n) is 2.81. The van der Waals surface area contributed by atoms with E-state index in [9.17, 15) is 4.79 Å². The molecule has 22 heavy (non-hydrogen) atoms. The Morgan fingerprint density at radius 2 is 2.14 bits per heavy atom. The summed E-state index contributed by atoms with van der Waals surface area (Å²) in [7, 11) is 0. The maximum Gasteiger partial charge on any atom is 0.257 e. The molecule has 1 aliphatic rings. The summed E-state index contributed by atoms with van der Waals surface area (Å²) in [6.45, 7) is 6.15. The molecule has 0 aromatic heterocycles. The second-order valence-electron chi connectivity index (χ2n) is 5.98. The molecular weight excluding hydrogens is 300 g/mol. The van der Waals surface area contributed by atoms with Gasteiger partial charge in [0.1, 0.15) is 5.75 Å². The summed E-state index contributed by atoms with van der Waals surface area (Å²) in [5.41, 5.74) is 6.51. The summed E-state index contributed by atoms with van der Waals surface area (Å²) in [5, 5.41) is 0.553. The molecule has 1 fully saturated rings. The molecule has 1 heterocycles. The Bertz CT molecular complexity index is 511. The highest BCUT2D eigenvalue weighted by molar-refractivity contribution is 6.31. The van der Waals surface area contributed by atoms with Crippen molar-refractivity contribution in [1.82, 2.24) is 4.90 Å². The maximum absolute atomic E-state index is 12.8. The van der Waals surface area contributed by atoms with E-state index in [-0.39, 0.29) is 11.9 Å². The van der Waals surface area contributed by atoms with Gasteiger partial charge in [-0.1, -0.05) is 18.5 Å². The Balaban J connectivity index is 2.10. The average Bonchev–Trinajstić information content (AvgIpc) is 2.53. The van der Waals surface area contributed by atoms with Crippen molar-refractivity contribution in [2.75, 3.05) is 19.7 Å². The van der Waals surface area contributed by atoms with Crippen molar-refractivity contribution in [3.05, 3.63) is 28.8 Å². The number of hydrogen-bond donors (Lipinski definition) is 1. The molecule has 122 valence electrons. The predicted molar refractivity (Wildman–Crippen MR) is 89.5 cm³/mol. The van der Waals surface area contributed by atoms with Crippen LogP contribution in [0.3, 0.4) is 0 Å². The Labute approximate surface area is 137 Å². The van der Waals surface area contributed by atoms with Crippen LogP contribution in [0.4, 0.5) is 0 Å². The highest BCUT2D eigenvalue weighted by atomic mass is 35.5. The van der Waals surface area contributed by atoms with E-state index in [1.165, 1.54) is 0 Å². The molecule has 2 N–H and O–H groups in total. The quantitative estimate of drug-likeness (QED) is 0.903. The molecule has 1 aliphatic heterocycles. The van der Waals surface area contributed by atoms with E-state index in [2.05, 4.69) is 0 Å². The maximum atomic E-state index is 12.8. The number of piperidine rings is 1. The summed E-state index contributed by atoms with van der Waals surface area (Å²) in [5.74, 6) is 1.11. The number of ether oxygens (including phenoxy) is 1. The van der Waals surface area contributed by atoms with Crippen LogP contribution < -0.4 is 10.5 Å². The molecule has 1 amide bonds. The number of rotatable bonds is 5. The SMILES string of the molecule is CCCOc1ccc(Cl)cc1C(=O)N1CCC(C(C)N)CC1. The number of nitrogens with zero attached hydrogens (tertiary/aromatic N) is 1. The van der Waals surface area contributed by atoms with Gasteiger partial charge in [-0.15, -0.1) is 0 Å². The second kappa shape index (κ2) is 7.84. The normalized spacial score (nSPS) is 17.4. The fourth-order valence-corrected chi connectivity index (χ4v) is 2.98. The standard InChI is InChI=1S/C17H25ClN2O2/c1-3-10-22-16-5-4-14(18)11-15(16)17(21)20-8-6-13(7-9-20)12(2)19/h4-5,11-13H,3,6-10,19H2,1-2H3. The Hall–Kier alpha value is -1.26. The molecule has 0 saturated carbocycles. The molecule has 2 rings (SSSR count). The number of carbonyl (C=O) groups excluding carboxylic acids is 1. The van der Waals surface area contributed by atoms with Gasteiger partial charge in [0.15, 0.2) is 0 Å². The molecule has 0 spiro atoms. The van der Waals surface area contributed by atoms with Crippen molar-refractivity contribution in [3.63, 3.8) is 0 Å². The molecular formula is C17H25ClN2O2. The monoisotopic (exact) mass is 324 g/mol. The largest absolute Gasteiger partial charge is 0.493 e. The zero-order valence-electron chi connectivity index (χ0n) is 13.3. The van der Waals surface area contributed by atoms with Gasteiger partial charge in [-0.05, 0) is 50.3 Å². The van der Waals surface area contributed by atoms with Gasteiger partial charge in [0.05, 0.1) is 12.2 Å². The minimum atomic E-state index is -0.00303. The topological polar surface area (TPSA) is 55.6 Å². The number of nitrogens with two attached hydrogens (primary N) is 1. The zero-order chi connectivity index (χ0) is 16.1. The minimum absolute atomic E-state index is 0.00303. The van der Waals surface area contributed by atoms with Crippen LogP contribution >= 0.6 is 11.6 Å². The van der Waals surface area contributed by atoms with Crippen LogP contribution in [0, 0.1) is 5.92 Å². The lowest BCUT2D eigenvalue weighted by Gasteiger charge is -2.34. The molecule has 0 bridgehead atoms. The van der Waals surface area contributed by atoms with Crippen LogP contribution in [0.25, 0.3) is 0 Å². The van der Waals surface area contributed by atoms with Crippen molar-refractivity contribution in [1.29, 1.82) is 0 Å². The minimum Gasteiger partial charge on any atom is -0.493 e. The number of halogens is 1. The fraction of sp³-hybridized carbons (Fsp3) is 0.588. The number of hydrogen-bond acceptors (Lipinski definition) is 3. The van der Waals surface area contributed by atoms with Gasteiger partial charge < -0.3 is 15.4 Å². The summed E-state index contributed by atoms with van der Waals surface area (Å²) in [4.78, 5) is 14.6. The highest BCUT2D eigenvalue weighted by Crippen LogP contribution is 2.27. The van der Waals surface area contributed by atoms with Crippen molar-refractivity contribution >= 4 is 17.5 Å². The average molecular weight is 325 g/mol. The third-order valence-electron chi connectivity index (χ3n) is 4.20. The van der Waals surface area contributed by atoms with E-state index in [0.717, 1.165) is 32.4 Å². The van der Waals surface area contributed by atoms with E-state index >= 15 is 0 Å². The number of likely N-dealkylation sites (tertiary alicyclic amines) is 1. The lowest BCUT2D eigenvalue weighted by atomic mass is 9.90. The number of benzene rings is 1. The van der Waals surface area contributed by atoms with Gasteiger partial charge in [0.2, 0.25) is 0 Å². The van der Waals surface area contributed by atoms with Crippen molar-refractivity contribution < 1.29 is 9.53 Å². The molecule has 1 atom stereocenters. The van der Waals surface area contributed by atoms with Crippen molar-refractivity contribution in [3.8, 4) is 5.75 Å². The molecule has 1 unspecified atom stereocenters. The van der Waals surface area contributed by atoms with Gasteiger partial charge >= 0.3 is 0 Å². The third kappa shape index (κ3) is 4.14. The predicted octanol–water partition coefficient (Wildman–Crippen LogP) is 3.33. The van der Waals surface area contributed by atoms with E-state index in [1.54, 1.807) is 18.2 Å². The molecule has 1 aromatic carbocycles. The first-order chi connectivity index (χ1) is 10.5.